The molecule has 2 amide bonds. The van der Waals surface area contributed by atoms with Gasteiger partial charge in [-0.1, -0.05) is 6.92 Å². The van der Waals surface area contributed by atoms with E-state index < -0.39 is 17.8 Å². The van der Waals surface area contributed by atoms with Gasteiger partial charge in [0.1, 0.15) is 5.56 Å². The summed E-state index contributed by atoms with van der Waals surface area (Å²) in [6.07, 6.45) is 1.81. The highest BCUT2D eigenvalue weighted by molar-refractivity contribution is 6.18. The van der Waals surface area contributed by atoms with E-state index in [-0.39, 0.29) is 30.1 Å². The molecule has 6 heteroatoms. The monoisotopic (exact) mass is 248 g/mol. The zero-order chi connectivity index (χ0) is 13.3. The van der Waals surface area contributed by atoms with Gasteiger partial charge < -0.3 is 5.11 Å². The molecular weight excluding hydrogens is 236 g/mol. The Labute approximate surface area is 103 Å². The van der Waals surface area contributed by atoms with Crippen molar-refractivity contribution in [2.24, 2.45) is 5.92 Å². The van der Waals surface area contributed by atoms with E-state index >= 15 is 0 Å². The molecule has 0 bridgehead atoms. The van der Waals surface area contributed by atoms with Crippen LogP contribution >= 0.6 is 0 Å². The fourth-order valence-electron chi connectivity index (χ4n) is 1.97. The third-order valence-corrected chi connectivity index (χ3v) is 2.77. The number of pyridine rings is 1. The summed E-state index contributed by atoms with van der Waals surface area (Å²) in [5.74, 6) is -2.12. The summed E-state index contributed by atoms with van der Waals surface area (Å²) in [4.78, 5) is 39.5. The minimum Gasteiger partial charge on any atom is -0.478 e. The number of carboxylic acid groups (broad SMARTS) is 1. The molecule has 1 fully saturated rings. The van der Waals surface area contributed by atoms with Gasteiger partial charge in [0, 0.05) is 19.0 Å². The number of carboxylic acids is 1. The Bertz CT molecular complexity index is 509. The van der Waals surface area contributed by atoms with Crippen molar-refractivity contribution < 1.29 is 19.5 Å². The van der Waals surface area contributed by atoms with Crippen LogP contribution in [0.4, 0.5) is 5.82 Å². The third-order valence-electron chi connectivity index (χ3n) is 2.77. The maximum atomic E-state index is 11.9. The first-order valence-corrected chi connectivity index (χ1v) is 5.54. The van der Waals surface area contributed by atoms with Crippen LogP contribution in [-0.4, -0.2) is 27.9 Å². The number of amides is 2. The van der Waals surface area contributed by atoms with Crippen molar-refractivity contribution in [3.63, 3.8) is 0 Å². The van der Waals surface area contributed by atoms with Crippen molar-refractivity contribution in [1.82, 2.24) is 4.98 Å². The standard InChI is InChI=1S/C12H12N2O4/c1-7-5-9(15)14(10(16)6-7)11-8(12(17)18)3-2-4-13-11/h2-4,7H,5-6H2,1H3,(H,17,18). The predicted molar refractivity (Wildman–Crippen MR) is 62.1 cm³/mol. The summed E-state index contributed by atoms with van der Waals surface area (Å²) in [5, 5.41) is 9.03. The van der Waals surface area contributed by atoms with Gasteiger partial charge in [0.25, 0.3) is 0 Å². The molecule has 1 aromatic heterocycles. The number of aromatic nitrogens is 1. The van der Waals surface area contributed by atoms with Crippen LogP contribution < -0.4 is 4.90 Å². The van der Waals surface area contributed by atoms with Crippen LogP contribution in [0.5, 0.6) is 0 Å². The van der Waals surface area contributed by atoms with Crippen molar-refractivity contribution in [1.29, 1.82) is 0 Å². The minimum atomic E-state index is -1.21. The van der Waals surface area contributed by atoms with Gasteiger partial charge >= 0.3 is 5.97 Å². The largest absolute Gasteiger partial charge is 0.478 e. The van der Waals surface area contributed by atoms with Gasteiger partial charge in [-0.2, -0.15) is 0 Å². The minimum absolute atomic E-state index is 0.0155. The molecule has 1 saturated heterocycles. The van der Waals surface area contributed by atoms with E-state index in [1.54, 1.807) is 0 Å². The molecule has 2 rings (SSSR count). The van der Waals surface area contributed by atoms with Gasteiger partial charge in [-0.05, 0) is 18.1 Å². The van der Waals surface area contributed by atoms with E-state index in [0.717, 1.165) is 4.90 Å². The zero-order valence-corrected chi connectivity index (χ0v) is 9.79. The molecule has 0 aliphatic carbocycles. The van der Waals surface area contributed by atoms with Crippen LogP contribution in [-0.2, 0) is 9.59 Å². The Kier molecular flexibility index (Phi) is 3.10. The molecule has 1 aliphatic heterocycles. The van der Waals surface area contributed by atoms with Gasteiger partial charge in [0.05, 0.1) is 0 Å². The number of carbonyl (C=O) groups is 3. The predicted octanol–water partition coefficient (Wildman–Crippen LogP) is 1.07. The van der Waals surface area contributed by atoms with Crippen LogP contribution in [0.3, 0.4) is 0 Å². The second-order valence-corrected chi connectivity index (χ2v) is 4.32. The number of carbonyl (C=O) groups excluding carboxylic acids is 2. The van der Waals surface area contributed by atoms with Crippen LogP contribution in [0.15, 0.2) is 18.3 Å². The summed E-state index contributed by atoms with van der Waals surface area (Å²) in [5.41, 5.74) is -0.145. The van der Waals surface area contributed by atoms with Crippen LogP contribution in [0.25, 0.3) is 0 Å². The van der Waals surface area contributed by atoms with Crippen LogP contribution in [0.1, 0.15) is 30.1 Å². The number of anilines is 1. The lowest BCUT2D eigenvalue weighted by atomic mass is 9.97. The Hall–Kier alpha value is -2.24. The molecular formula is C12H12N2O4. The van der Waals surface area contributed by atoms with Crippen molar-refractivity contribution >= 4 is 23.6 Å². The summed E-state index contributed by atoms with van der Waals surface area (Å²) < 4.78 is 0. The van der Waals surface area contributed by atoms with Crippen molar-refractivity contribution in [3.05, 3.63) is 23.9 Å². The second-order valence-electron chi connectivity index (χ2n) is 4.32. The molecule has 0 aromatic carbocycles. The van der Waals surface area contributed by atoms with E-state index in [9.17, 15) is 14.4 Å². The average molecular weight is 248 g/mol. The number of hydrogen-bond acceptors (Lipinski definition) is 4. The molecule has 18 heavy (non-hydrogen) atoms. The zero-order valence-electron chi connectivity index (χ0n) is 9.79. The Morgan fingerprint density at radius 2 is 2.00 bits per heavy atom. The number of hydrogen-bond donors (Lipinski definition) is 1. The fourth-order valence-corrected chi connectivity index (χ4v) is 1.97. The number of aromatic carboxylic acids is 1. The van der Waals surface area contributed by atoms with E-state index in [0.29, 0.717) is 0 Å². The maximum absolute atomic E-state index is 11.9. The normalized spacial score (nSPS) is 17.1. The first-order valence-electron chi connectivity index (χ1n) is 5.54. The van der Waals surface area contributed by atoms with E-state index in [1.165, 1.54) is 18.3 Å². The van der Waals surface area contributed by atoms with Crippen molar-refractivity contribution in [2.75, 3.05) is 4.90 Å². The quantitative estimate of drug-likeness (QED) is 0.791. The van der Waals surface area contributed by atoms with Crippen LogP contribution in [0, 0.1) is 5.92 Å². The Morgan fingerprint density at radius 3 is 2.56 bits per heavy atom. The molecule has 1 N–H and O–H groups in total. The van der Waals surface area contributed by atoms with Gasteiger partial charge in [-0.25, -0.2) is 14.7 Å². The van der Waals surface area contributed by atoms with Crippen LogP contribution in [0.2, 0.25) is 0 Å². The van der Waals surface area contributed by atoms with E-state index in [1.807, 2.05) is 6.92 Å². The first-order chi connectivity index (χ1) is 8.50. The molecule has 0 radical (unpaired) electrons. The molecule has 1 aromatic rings. The maximum Gasteiger partial charge on any atom is 0.339 e. The number of imide groups is 1. The number of piperidine rings is 1. The number of nitrogens with zero attached hydrogens (tertiary/aromatic N) is 2. The smallest absolute Gasteiger partial charge is 0.339 e. The fraction of sp³-hybridized carbons (Fsp3) is 0.333. The Morgan fingerprint density at radius 1 is 1.39 bits per heavy atom. The average Bonchev–Trinajstić information content (AvgIpc) is 2.28. The number of rotatable bonds is 2. The second kappa shape index (κ2) is 4.56. The highest BCUT2D eigenvalue weighted by Crippen LogP contribution is 2.26. The molecule has 0 atom stereocenters. The van der Waals surface area contributed by atoms with Gasteiger partial charge in [0.2, 0.25) is 11.8 Å². The summed E-state index contributed by atoms with van der Waals surface area (Å²) in [6.45, 7) is 1.81. The van der Waals surface area contributed by atoms with Crippen molar-refractivity contribution in [3.8, 4) is 0 Å². The molecule has 0 spiro atoms. The van der Waals surface area contributed by atoms with Crippen molar-refractivity contribution in [2.45, 2.75) is 19.8 Å². The molecule has 94 valence electrons. The van der Waals surface area contributed by atoms with Gasteiger partial charge in [-0.15, -0.1) is 0 Å². The van der Waals surface area contributed by atoms with Gasteiger partial charge in [0.15, 0.2) is 5.82 Å². The summed E-state index contributed by atoms with van der Waals surface area (Å²) >= 11 is 0. The van der Waals surface area contributed by atoms with Gasteiger partial charge in [-0.3, -0.25) is 9.59 Å². The van der Waals surface area contributed by atoms with E-state index in [2.05, 4.69) is 4.98 Å². The lowest BCUT2D eigenvalue weighted by molar-refractivity contribution is -0.130. The highest BCUT2D eigenvalue weighted by Gasteiger charge is 2.34. The summed E-state index contributed by atoms with van der Waals surface area (Å²) in [7, 11) is 0. The van der Waals surface area contributed by atoms with E-state index in [4.69, 9.17) is 5.11 Å². The molecule has 6 nitrogen and oxygen atoms in total. The molecule has 1 aliphatic rings. The molecule has 2 heterocycles. The SMILES string of the molecule is CC1CC(=O)N(c2ncccc2C(=O)O)C(=O)C1. The highest BCUT2D eigenvalue weighted by atomic mass is 16.4. The lowest BCUT2D eigenvalue weighted by Gasteiger charge is -2.28. The molecule has 0 unspecified atom stereocenters. The third kappa shape index (κ3) is 2.09. The summed E-state index contributed by atoms with van der Waals surface area (Å²) in [6, 6.07) is 2.78. The Balaban J connectivity index is 2.45. The first kappa shape index (κ1) is 12.2. The molecule has 0 saturated carbocycles. The lowest BCUT2D eigenvalue weighted by Crippen LogP contribution is -2.44. The topological polar surface area (TPSA) is 87.6 Å².